The van der Waals surface area contributed by atoms with Crippen molar-refractivity contribution in [1.29, 1.82) is 0 Å². The van der Waals surface area contributed by atoms with Crippen molar-refractivity contribution in [3.63, 3.8) is 0 Å². The summed E-state index contributed by atoms with van der Waals surface area (Å²) in [6.07, 6.45) is 1.07. The van der Waals surface area contributed by atoms with E-state index in [-0.39, 0.29) is 5.91 Å². The fourth-order valence-corrected chi connectivity index (χ4v) is 3.41. The molecule has 144 valence electrons. The number of fused-ring (bicyclic) bond motifs is 1. The fraction of sp³-hybridized carbons (Fsp3) is 0.286. The maximum Gasteiger partial charge on any atom is 0.332 e. The maximum absolute atomic E-state index is 12.2. The second-order valence-corrected chi connectivity index (χ2v) is 6.92. The number of para-hydroxylation sites is 2. The number of nitrogens with one attached hydrogen (secondary N) is 1. The Morgan fingerprint density at radius 2 is 1.79 bits per heavy atom. The van der Waals surface area contributed by atoms with Gasteiger partial charge in [0.15, 0.2) is 6.10 Å². The number of aliphatic carboxylic acids is 1. The average Bonchev–Trinajstić information content (AvgIpc) is 3.35. The Morgan fingerprint density at radius 1 is 1.07 bits per heavy atom. The molecule has 1 amide bonds. The normalized spacial score (nSPS) is 19.0. The standard InChI is InChI=1S/C21H21N3O4/c25-20(18-9-10-19(28-18)21(26)27)22-11-14-5-7-15(8-6-14)12-24-13-23-16-3-1-2-4-17(16)24/h1-8,13,18-19H,9-12H2,(H,22,25)(H,26,27)/t18-,19+/m0/s1. The Balaban J connectivity index is 1.32. The van der Waals surface area contributed by atoms with Crippen molar-refractivity contribution in [2.45, 2.75) is 38.1 Å². The first kappa shape index (κ1) is 18.2. The molecule has 4 rings (SSSR count). The number of aromatic nitrogens is 2. The molecule has 0 radical (unpaired) electrons. The molecule has 2 N–H and O–H groups in total. The van der Waals surface area contributed by atoms with E-state index in [0.717, 1.165) is 28.7 Å². The van der Waals surface area contributed by atoms with Crippen LogP contribution in [0.3, 0.4) is 0 Å². The monoisotopic (exact) mass is 379 g/mol. The van der Waals surface area contributed by atoms with E-state index in [1.807, 2.05) is 54.9 Å². The predicted octanol–water partition coefficient (Wildman–Crippen LogP) is 2.33. The number of carboxylic acids is 1. The fourth-order valence-electron chi connectivity index (χ4n) is 3.41. The van der Waals surface area contributed by atoms with Crippen molar-refractivity contribution in [3.05, 3.63) is 66.0 Å². The van der Waals surface area contributed by atoms with Crippen LogP contribution in [0, 0.1) is 0 Å². The summed E-state index contributed by atoms with van der Waals surface area (Å²) in [5.74, 6) is -1.28. The highest BCUT2D eigenvalue weighted by atomic mass is 16.5. The van der Waals surface area contributed by atoms with Gasteiger partial charge in [-0.05, 0) is 36.1 Å². The van der Waals surface area contributed by atoms with Gasteiger partial charge in [0.25, 0.3) is 0 Å². The molecule has 28 heavy (non-hydrogen) atoms. The van der Waals surface area contributed by atoms with Crippen LogP contribution >= 0.6 is 0 Å². The molecule has 0 spiro atoms. The summed E-state index contributed by atoms with van der Waals surface area (Å²) in [5.41, 5.74) is 4.18. The first-order chi connectivity index (χ1) is 13.6. The lowest BCUT2D eigenvalue weighted by Crippen LogP contribution is -2.35. The molecule has 1 saturated heterocycles. The van der Waals surface area contributed by atoms with Gasteiger partial charge in [-0.15, -0.1) is 0 Å². The van der Waals surface area contributed by atoms with Crippen LogP contribution in [-0.4, -0.2) is 38.7 Å². The summed E-state index contributed by atoms with van der Waals surface area (Å²) in [5, 5.41) is 11.8. The molecular formula is C21H21N3O4. The number of carboxylic acid groups (broad SMARTS) is 1. The molecule has 0 unspecified atom stereocenters. The zero-order valence-electron chi connectivity index (χ0n) is 15.2. The number of rotatable bonds is 6. The third kappa shape index (κ3) is 3.89. The van der Waals surface area contributed by atoms with Gasteiger partial charge in [-0.25, -0.2) is 9.78 Å². The van der Waals surface area contributed by atoms with Gasteiger partial charge in [0.2, 0.25) is 5.91 Å². The van der Waals surface area contributed by atoms with E-state index in [9.17, 15) is 9.59 Å². The molecule has 7 heteroatoms. The quantitative estimate of drug-likeness (QED) is 0.686. The molecule has 7 nitrogen and oxygen atoms in total. The van der Waals surface area contributed by atoms with E-state index < -0.39 is 18.2 Å². The van der Waals surface area contributed by atoms with Crippen LogP contribution in [0.25, 0.3) is 11.0 Å². The van der Waals surface area contributed by atoms with Crippen molar-refractivity contribution in [1.82, 2.24) is 14.9 Å². The van der Waals surface area contributed by atoms with Gasteiger partial charge in [0.05, 0.1) is 17.4 Å². The van der Waals surface area contributed by atoms with E-state index in [2.05, 4.69) is 14.9 Å². The second-order valence-electron chi connectivity index (χ2n) is 6.92. The van der Waals surface area contributed by atoms with Crippen LogP contribution in [0.15, 0.2) is 54.9 Å². The number of carbonyl (C=O) groups is 2. The van der Waals surface area contributed by atoms with Crippen LogP contribution in [-0.2, 0) is 27.4 Å². The van der Waals surface area contributed by atoms with Crippen LogP contribution < -0.4 is 5.32 Å². The highest BCUT2D eigenvalue weighted by Crippen LogP contribution is 2.20. The molecular weight excluding hydrogens is 358 g/mol. The SMILES string of the molecule is O=C(NCc1ccc(Cn2cnc3ccccc32)cc1)[C@@H]1CC[C@H](C(=O)O)O1. The Kier molecular flexibility index (Phi) is 5.08. The van der Waals surface area contributed by atoms with Gasteiger partial charge in [-0.2, -0.15) is 0 Å². The van der Waals surface area contributed by atoms with Gasteiger partial charge in [-0.1, -0.05) is 36.4 Å². The van der Waals surface area contributed by atoms with E-state index in [1.54, 1.807) is 0 Å². The molecule has 2 aromatic carbocycles. The Labute approximate surface area is 162 Å². The molecule has 0 bridgehead atoms. The van der Waals surface area contributed by atoms with Gasteiger partial charge < -0.3 is 19.7 Å². The number of carbonyl (C=O) groups excluding carboxylic acids is 1. The largest absolute Gasteiger partial charge is 0.479 e. The summed E-state index contributed by atoms with van der Waals surface area (Å²) in [7, 11) is 0. The summed E-state index contributed by atoms with van der Waals surface area (Å²) in [6, 6.07) is 16.0. The third-order valence-corrected chi connectivity index (χ3v) is 4.96. The zero-order valence-corrected chi connectivity index (χ0v) is 15.2. The number of hydrogen-bond acceptors (Lipinski definition) is 4. The highest BCUT2D eigenvalue weighted by molar-refractivity contribution is 5.82. The number of ether oxygens (including phenoxy) is 1. The minimum absolute atomic E-state index is 0.266. The average molecular weight is 379 g/mol. The highest BCUT2D eigenvalue weighted by Gasteiger charge is 2.34. The molecule has 0 saturated carbocycles. The Bertz CT molecular complexity index is 996. The van der Waals surface area contributed by atoms with Crippen LogP contribution in [0.5, 0.6) is 0 Å². The zero-order chi connectivity index (χ0) is 19.5. The van der Waals surface area contributed by atoms with Gasteiger partial charge in [0.1, 0.15) is 6.10 Å². The molecule has 1 aliphatic heterocycles. The molecule has 0 aliphatic carbocycles. The lowest BCUT2D eigenvalue weighted by atomic mass is 10.1. The minimum Gasteiger partial charge on any atom is -0.479 e. The first-order valence-electron chi connectivity index (χ1n) is 9.24. The summed E-state index contributed by atoms with van der Waals surface area (Å²) >= 11 is 0. The van der Waals surface area contributed by atoms with E-state index in [0.29, 0.717) is 19.4 Å². The van der Waals surface area contributed by atoms with Gasteiger partial charge in [0, 0.05) is 13.1 Å². The third-order valence-electron chi connectivity index (χ3n) is 4.96. The summed E-state index contributed by atoms with van der Waals surface area (Å²) < 4.78 is 7.37. The van der Waals surface area contributed by atoms with E-state index in [1.165, 1.54) is 0 Å². The Morgan fingerprint density at radius 3 is 2.54 bits per heavy atom. The van der Waals surface area contributed by atoms with Crippen LogP contribution in [0.1, 0.15) is 24.0 Å². The van der Waals surface area contributed by atoms with Crippen molar-refractivity contribution >= 4 is 22.9 Å². The number of hydrogen-bond donors (Lipinski definition) is 2. The number of amides is 1. The van der Waals surface area contributed by atoms with Crippen LogP contribution in [0.2, 0.25) is 0 Å². The molecule has 1 aliphatic rings. The lowest BCUT2D eigenvalue weighted by molar-refractivity contribution is -0.151. The number of nitrogens with zero attached hydrogens (tertiary/aromatic N) is 2. The van der Waals surface area contributed by atoms with Gasteiger partial charge in [-0.3, -0.25) is 4.79 Å². The Hall–Kier alpha value is -3.19. The van der Waals surface area contributed by atoms with Crippen molar-refractivity contribution in [2.24, 2.45) is 0 Å². The van der Waals surface area contributed by atoms with Crippen molar-refractivity contribution < 1.29 is 19.4 Å². The van der Waals surface area contributed by atoms with Crippen LogP contribution in [0.4, 0.5) is 0 Å². The lowest BCUT2D eigenvalue weighted by Gasteiger charge is -2.12. The maximum atomic E-state index is 12.2. The van der Waals surface area contributed by atoms with E-state index >= 15 is 0 Å². The minimum atomic E-state index is -1.02. The molecule has 1 aromatic heterocycles. The number of imidazole rings is 1. The molecule has 2 atom stereocenters. The van der Waals surface area contributed by atoms with Crippen molar-refractivity contribution in [2.75, 3.05) is 0 Å². The van der Waals surface area contributed by atoms with Gasteiger partial charge >= 0.3 is 5.97 Å². The summed E-state index contributed by atoms with van der Waals surface area (Å²) in [4.78, 5) is 27.5. The molecule has 1 fully saturated rings. The smallest absolute Gasteiger partial charge is 0.332 e. The molecule has 2 heterocycles. The predicted molar refractivity (Wildman–Crippen MR) is 103 cm³/mol. The topological polar surface area (TPSA) is 93.5 Å². The second kappa shape index (κ2) is 7.82. The number of benzene rings is 2. The van der Waals surface area contributed by atoms with Crippen molar-refractivity contribution in [3.8, 4) is 0 Å². The first-order valence-corrected chi connectivity index (χ1v) is 9.24. The van der Waals surface area contributed by atoms with E-state index in [4.69, 9.17) is 9.84 Å². The molecule has 3 aromatic rings. The summed E-state index contributed by atoms with van der Waals surface area (Å²) in [6.45, 7) is 1.10.